The first-order valence-corrected chi connectivity index (χ1v) is 48.8. The summed E-state index contributed by atoms with van der Waals surface area (Å²) in [7, 11) is 0. The Hall–Kier alpha value is -7.85. The molecule has 27 nitrogen and oxygen atoms in total. The Morgan fingerprint density at radius 3 is 1.00 bits per heavy atom. The Kier molecular flexibility index (Phi) is 31.6. The number of anilines is 5. The van der Waals surface area contributed by atoms with E-state index in [4.69, 9.17) is 28.7 Å². The van der Waals surface area contributed by atoms with E-state index in [1.165, 1.54) is 59.2 Å². The number of hydrogen-bond acceptors (Lipinski definition) is 34. The minimum Gasteiger partial charge on any atom is -0.398 e. The van der Waals surface area contributed by atoms with Crippen molar-refractivity contribution in [3.05, 3.63) is 202 Å². The van der Waals surface area contributed by atoms with Gasteiger partial charge in [-0.3, -0.25) is 54.4 Å². The molecule has 14 heterocycles. The minimum atomic E-state index is -0.318. The predicted octanol–water partition coefficient (Wildman–Crippen LogP) is 9.46. The number of thioether (sulfide) groups is 5. The highest BCUT2D eigenvalue weighted by Crippen LogP contribution is 2.40. The number of unbranched alkanes of at least 4 members (excludes halogenated alkanes) is 2. The Labute approximate surface area is 743 Å². The summed E-state index contributed by atoms with van der Waals surface area (Å²) < 4.78 is 2.15. The number of fused-ring (bicyclic) bond motifs is 5. The van der Waals surface area contributed by atoms with Gasteiger partial charge in [-0.2, -0.15) is 11.8 Å². The van der Waals surface area contributed by atoms with Crippen LogP contribution in [0.25, 0.3) is 27.9 Å². The molecular weight excluding hydrogens is 1670 g/mol. The fourth-order valence-electron chi connectivity index (χ4n) is 17.3. The molecule has 9 aromatic rings. The van der Waals surface area contributed by atoms with E-state index in [2.05, 4.69) is 122 Å². The quantitative estimate of drug-likeness (QED) is 0.0161. The number of nitrogen functional groups attached to an aromatic ring is 5. The molecule has 0 saturated carbocycles. The van der Waals surface area contributed by atoms with Crippen LogP contribution in [0.3, 0.4) is 0 Å². The zero-order valence-electron chi connectivity index (χ0n) is 68.7. The molecule has 9 aromatic heterocycles. The van der Waals surface area contributed by atoms with Gasteiger partial charge >= 0.3 is 0 Å². The first-order valence-electron chi connectivity index (χ1n) is 41.9. The van der Waals surface area contributed by atoms with E-state index >= 15 is 0 Å². The van der Waals surface area contributed by atoms with E-state index in [-0.39, 0.29) is 54.2 Å². The highest BCUT2D eigenvalue weighted by atomic mass is 32.2. The van der Waals surface area contributed by atoms with E-state index < -0.39 is 0 Å². The third-order valence-electron chi connectivity index (χ3n) is 23.9. The summed E-state index contributed by atoms with van der Waals surface area (Å²) in [5.41, 5.74) is 50.2. The minimum absolute atomic E-state index is 0.195. The van der Waals surface area contributed by atoms with Gasteiger partial charge in [-0.25, -0.2) is 29.9 Å². The van der Waals surface area contributed by atoms with Gasteiger partial charge in [0.05, 0.1) is 71.4 Å². The lowest BCUT2D eigenvalue weighted by atomic mass is 10.1. The van der Waals surface area contributed by atoms with Gasteiger partial charge < -0.3 is 54.2 Å². The molecule has 5 aliphatic heterocycles. The predicted molar refractivity (Wildman–Crippen MR) is 497 cm³/mol. The number of thiazole rings is 2. The molecule has 0 bridgehead atoms. The number of aromatic nitrogens is 12. The molecule has 10 atom stereocenters. The molecule has 34 heteroatoms. The van der Waals surface area contributed by atoms with Gasteiger partial charge in [-0.15, -0.1) is 46.2 Å². The van der Waals surface area contributed by atoms with Crippen LogP contribution >= 0.6 is 81.5 Å². The molecule has 0 spiro atoms. The van der Waals surface area contributed by atoms with Crippen molar-refractivity contribution in [1.29, 1.82) is 0 Å². The van der Waals surface area contributed by atoms with Crippen LogP contribution in [0, 0.1) is 29.6 Å². The third kappa shape index (κ3) is 23.2. The van der Waals surface area contributed by atoms with Crippen LogP contribution in [-0.2, 0) is 32.1 Å². The van der Waals surface area contributed by atoms with Gasteiger partial charge in [0.25, 0.3) is 0 Å². The van der Waals surface area contributed by atoms with Gasteiger partial charge in [-0.05, 0) is 102 Å². The second-order valence-electron chi connectivity index (χ2n) is 32.5. The molecular formula is C88H110N22O5S7. The summed E-state index contributed by atoms with van der Waals surface area (Å²) in [6.07, 6.45) is 40.4. The van der Waals surface area contributed by atoms with Crippen LogP contribution < -0.4 is 28.7 Å². The Balaban J connectivity index is 0.000000118. The van der Waals surface area contributed by atoms with Crippen molar-refractivity contribution >= 4 is 138 Å². The van der Waals surface area contributed by atoms with Crippen LogP contribution in [0.1, 0.15) is 82.5 Å². The van der Waals surface area contributed by atoms with Crippen LogP contribution in [0.5, 0.6) is 0 Å². The standard InChI is InChI=1S/C19H29N3OS.C18H21N5OS.C17H20N6OS.2C17H20N4OS2/c1-2-3-4-9-24-13-15-11-22(12-18(15)23)10-14-5-6-16-17(20)7-8-21-19(14)16;19-15-3-4-22-18-12(1-2-14(15)18)8-23-9-13(16(24)10-23)11-25-17-7-20-5-6-21-17;18-17-13-2-1-11(16(13)21-10-22-17)6-23-7-12(14(24)8-23)9-25-15-5-19-3-4-20-15;2*18-14-3-4-19-16-11(1-2-13(14)16)7-21-8-12(15(22)9-21)10-24-17-20-5-6-23-17/h5,7-8,15,18,23H,2-4,6,9-13H2,1H3,(H2,20,21);1,3-7,13,16,24H,2,8-11H2,(H2,19,22);1,3-5,10,12,14,24H,2,6-9H2,(H2,18,21,22);2*1,3-6,12,15,22H,2,7-10H2,(H2,18,19)/t15-,18-;13-,16-;12-,14+;12-,15+;12-,15-/m11111/s1. The SMILES string of the molecule is CCCCCSC[C@H]1CN(CC2=CCc3c(N)ccnc32)C[C@H]1O.Nc1ccnc2c1CC=C2CN1C[C@H](CSc2cnccn2)[C@H](O)C1.Nc1ccnc2c1CC=C2CN1C[C@H](CSc2nccs2)[C@@H](O)C1.Nc1ccnc2c1CC=C2CN1C[C@H](CSc2nccs2)[C@H](O)C1.Nc1ncnc2c1CC=C2CN1C[C@H](CSc2cnccn2)[C@@H](O)C1. The molecule has 5 aliphatic carbocycles. The second-order valence-corrected chi connectivity index (χ2v) is 40.0. The zero-order valence-corrected chi connectivity index (χ0v) is 74.4. The molecule has 5 fully saturated rings. The van der Waals surface area contributed by atoms with Gasteiger partial charge in [-0.1, -0.05) is 73.7 Å². The molecule has 19 rings (SSSR count). The molecule has 0 unspecified atom stereocenters. The third-order valence-corrected chi connectivity index (χ3v) is 31.6. The first kappa shape index (κ1) is 89.0. The van der Waals surface area contributed by atoms with Gasteiger partial charge in [0, 0.05) is 274 Å². The van der Waals surface area contributed by atoms with Crippen molar-refractivity contribution in [3.8, 4) is 0 Å². The Morgan fingerprint density at radius 2 is 0.680 bits per heavy atom. The molecule has 10 aliphatic rings. The lowest BCUT2D eigenvalue weighted by molar-refractivity contribution is 0.151. The molecule has 644 valence electrons. The second kappa shape index (κ2) is 43.4. The molecule has 122 heavy (non-hydrogen) atoms. The summed E-state index contributed by atoms with van der Waals surface area (Å²) in [6.45, 7) is 14.5. The fourth-order valence-corrected chi connectivity index (χ4v) is 24.1. The summed E-state index contributed by atoms with van der Waals surface area (Å²) in [5, 5.41) is 57.7. The number of aliphatic hydroxyl groups excluding tert-OH is 5. The molecule has 15 N–H and O–H groups in total. The lowest BCUT2D eigenvalue weighted by Gasteiger charge is -2.17. The van der Waals surface area contributed by atoms with E-state index in [9.17, 15) is 25.5 Å². The topological polar surface area (TPSA) is 402 Å². The highest BCUT2D eigenvalue weighted by molar-refractivity contribution is 8.01. The molecule has 0 aromatic carbocycles. The number of β-amino-alcohol motifs (C(OH)–C–C–N with tert-alkyl or cyclic N) is 5. The van der Waals surface area contributed by atoms with E-state index in [1.54, 1.807) is 132 Å². The van der Waals surface area contributed by atoms with E-state index in [1.807, 2.05) is 59.2 Å². The van der Waals surface area contributed by atoms with E-state index in [0.29, 0.717) is 24.8 Å². The normalized spacial score (nSPS) is 23.2. The van der Waals surface area contributed by atoms with Crippen molar-refractivity contribution in [2.24, 2.45) is 29.6 Å². The zero-order chi connectivity index (χ0) is 84.4. The molecule has 5 saturated heterocycles. The van der Waals surface area contributed by atoms with Crippen LogP contribution in [0.2, 0.25) is 0 Å². The average Bonchev–Trinajstić information content (AvgIpc) is 1.68. The number of likely N-dealkylation sites (tertiary alicyclic amines) is 5. The van der Waals surface area contributed by atoms with Crippen molar-refractivity contribution in [1.82, 2.24) is 84.3 Å². The smallest absolute Gasteiger partial charge is 0.149 e. The van der Waals surface area contributed by atoms with Crippen molar-refractivity contribution < 1.29 is 25.5 Å². The Bertz CT molecular complexity index is 4840. The van der Waals surface area contributed by atoms with Crippen LogP contribution in [0.4, 0.5) is 28.6 Å². The largest absolute Gasteiger partial charge is 0.398 e. The molecule has 0 radical (unpaired) electrons. The van der Waals surface area contributed by atoms with Gasteiger partial charge in [0.2, 0.25) is 0 Å². The van der Waals surface area contributed by atoms with Crippen molar-refractivity contribution in [2.45, 2.75) is 108 Å². The average molecular weight is 1780 g/mol. The Morgan fingerprint density at radius 1 is 0.352 bits per heavy atom. The van der Waals surface area contributed by atoms with E-state index in [0.717, 1.165) is 244 Å². The molecule has 0 amide bonds. The number of allylic oxidation sites excluding steroid dienone is 5. The van der Waals surface area contributed by atoms with Crippen LogP contribution in [-0.4, -0.2) is 273 Å². The van der Waals surface area contributed by atoms with Crippen LogP contribution in [0.15, 0.2) is 165 Å². The fraction of sp³-hybridized carbons (Fsp3) is 0.455. The highest BCUT2D eigenvalue weighted by Gasteiger charge is 2.39. The van der Waals surface area contributed by atoms with Gasteiger partial charge in [0.15, 0.2) is 0 Å². The maximum absolute atomic E-state index is 10.4. The van der Waals surface area contributed by atoms with Crippen molar-refractivity contribution in [3.63, 3.8) is 0 Å². The maximum atomic E-state index is 10.4. The number of nitrogens with two attached hydrogens (primary N) is 5. The number of nitrogens with zero attached hydrogens (tertiary/aromatic N) is 17. The first-order chi connectivity index (χ1) is 59.5. The lowest BCUT2D eigenvalue weighted by Crippen LogP contribution is -2.24. The monoisotopic (exact) mass is 1780 g/mol. The number of rotatable bonds is 28. The number of pyridine rings is 4. The van der Waals surface area contributed by atoms with Gasteiger partial charge in [0.1, 0.15) is 30.9 Å². The number of hydrogen-bond donors (Lipinski definition) is 10. The number of aliphatic hydroxyl groups is 5. The summed E-state index contributed by atoms with van der Waals surface area (Å²) in [5.74, 6) is 7.79. The maximum Gasteiger partial charge on any atom is 0.149 e. The summed E-state index contributed by atoms with van der Waals surface area (Å²) >= 11 is 12.1. The summed E-state index contributed by atoms with van der Waals surface area (Å²) in [4.78, 5) is 63.4. The summed E-state index contributed by atoms with van der Waals surface area (Å²) in [6, 6.07) is 7.46. The van der Waals surface area contributed by atoms with Crippen molar-refractivity contribution in [2.75, 3.05) is 161 Å².